The first-order chi connectivity index (χ1) is 12.1. The average Bonchev–Trinajstić information content (AvgIpc) is 2.65. The van der Waals surface area contributed by atoms with E-state index in [1.807, 2.05) is 60.7 Å². The Morgan fingerprint density at radius 2 is 1.36 bits per heavy atom. The van der Waals surface area contributed by atoms with Gasteiger partial charge in [0.15, 0.2) is 0 Å². The van der Waals surface area contributed by atoms with Gasteiger partial charge in [-0.1, -0.05) is 66.7 Å². The van der Waals surface area contributed by atoms with Gasteiger partial charge < -0.3 is 10.2 Å². The Kier molecular flexibility index (Phi) is 7.05. The van der Waals surface area contributed by atoms with Gasteiger partial charge in [-0.2, -0.15) is 0 Å². The van der Waals surface area contributed by atoms with Crippen LogP contribution in [0, 0.1) is 0 Å². The van der Waals surface area contributed by atoms with Crippen LogP contribution in [-0.2, 0) is 12.3 Å². The van der Waals surface area contributed by atoms with Gasteiger partial charge in [-0.05, 0) is 23.3 Å². The smallest absolute Gasteiger partial charge is 0.336 e. The molecule has 0 saturated carbocycles. The molecule has 0 bridgehead atoms. The molecule has 0 aliphatic rings. The molecule has 0 saturated heterocycles. The molecular weight excluding hydrogens is 336 g/mol. The average molecular weight is 355 g/mol. The molecule has 3 aromatic carbocycles. The Hall–Kier alpha value is -2.78. The first-order valence-corrected chi connectivity index (χ1v) is 8.33. The van der Waals surface area contributed by atoms with Gasteiger partial charge in [0, 0.05) is 17.9 Å². The fourth-order valence-electron chi connectivity index (χ4n) is 2.33. The Morgan fingerprint density at radius 1 is 0.800 bits per heavy atom. The van der Waals surface area contributed by atoms with Crippen LogP contribution in [0.5, 0.6) is 5.75 Å². The highest BCUT2D eigenvalue weighted by Crippen LogP contribution is 2.24. The summed E-state index contributed by atoms with van der Waals surface area (Å²) in [5.74, 6) is -0.388. The Labute approximate surface area is 152 Å². The molecule has 0 aliphatic carbocycles. The molecule has 0 atom stereocenters. The molecule has 3 rings (SSSR count). The number of carbonyl (C=O) groups is 1. The third-order valence-electron chi connectivity index (χ3n) is 3.60. The summed E-state index contributed by atoms with van der Waals surface area (Å²) in [7, 11) is 0. The predicted octanol–water partition coefficient (Wildman–Crippen LogP) is 5.11. The highest BCUT2D eigenvalue weighted by Gasteiger charge is 2.13. The molecule has 0 amide bonds. The standard InChI is InChI=1S/C14H12O3.C7H7Cl/c15-13-8-4-7-11(14(16)17)12(13)9-10-5-2-1-3-6-10;8-6-7-4-2-1-3-5-7/h1-8,15H,9H2,(H,16,17);1-5H,6H2. The first kappa shape index (κ1) is 18.6. The van der Waals surface area contributed by atoms with E-state index in [9.17, 15) is 9.90 Å². The maximum Gasteiger partial charge on any atom is 0.336 e. The number of hydrogen-bond acceptors (Lipinski definition) is 2. The maximum absolute atomic E-state index is 11.1. The lowest BCUT2D eigenvalue weighted by Crippen LogP contribution is -2.03. The zero-order valence-electron chi connectivity index (χ0n) is 13.6. The quantitative estimate of drug-likeness (QED) is 0.640. The lowest BCUT2D eigenvalue weighted by molar-refractivity contribution is 0.0695. The highest BCUT2D eigenvalue weighted by molar-refractivity contribution is 6.17. The molecule has 0 unspecified atom stereocenters. The Balaban J connectivity index is 0.000000236. The number of alkyl halides is 1. The number of rotatable bonds is 4. The number of hydrogen-bond donors (Lipinski definition) is 2. The van der Waals surface area contributed by atoms with Crippen molar-refractivity contribution in [3.63, 3.8) is 0 Å². The van der Waals surface area contributed by atoms with E-state index in [0.29, 0.717) is 17.9 Å². The molecule has 2 N–H and O–H groups in total. The van der Waals surface area contributed by atoms with Crippen LogP contribution in [0.3, 0.4) is 0 Å². The molecule has 0 radical (unpaired) electrons. The molecule has 128 valence electrons. The molecule has 0 fully saturated rings. The van der Waals surface area contributed by atoms with Crippen molar-refractivity contribution in [2.45, 2.75) is 12.3 Å². The van der Waals surface area contributed by atoms with Crippen LogP contribution in [0.25, 0.3) is 0 Å². The summed E-state index contributed by atoms with van der Waals surface area (Å²) in [5, 5.41) is 18.8. The summed E-state index contributed by atoms with van der Waals surface area (Å²) in [6.45, 7) is 0. The molecule has 0 heterocycles. The molecular formula is C21H19ClO3. The number of carboxylic acid groups (broad SMARTS) is 1. The third-order valence-corrected chi connectivity index (χ3v) is 3.91. The third kappa shape index (κ3) is 5.66. The molecule has 0 aliphatic heterocycles. The van der Waals surface area contributed by atoms with Crippen molar-refractivity contribution in [3.8, 4) is 5.75 Å². The van der Waals surface area contributed by atoms with E-state index >= 15 is 0 Å². The van der Waals surface area contributed by atoms with E-state index in [2.05, 4.69) is 0 Å². The number of aromatic hydroxyl groups is 1. The van der Waals surface area contributed by atoms with E-state index in [4.69, 9.17) is 16.7 Å². The van der Waals surface area contributed by atoms with Gasteiger partial charge in [0.25, 0.3) is 0 Å². The van der Waals surface area contributed by atoms with E-state index in [-0.39, 0.29) is 11.3 Å². The first-order valence-electron chi connectivity index (χ1n) is 7.79. The monoisotopic (exact) mass is 354 g/mol. The SMILES string of the molecule is ClCc1ccccc1.O=C(O)c1cccc(O)c1Cc1ccccc1. The second-order valence-corrected chi connectivity index (χ2v) is 5.66. The number of phenolic OH excluding ortho intramolecular Hbond substituents is 1. The van der Waals surface area contributed by atoms with Gasteiger partial charge in [-0.15, -0.1) is 11.6 Å². The van der Waals surface area contributed by atoms with Crippen molar-refractivity contribution in [2.24, 2.45) is 0 Å². The number of benzene rings is 3. The summed E-state index contributed by atoms with van der Waals surface area (Å²) >= 11 is 5.53. The highest BCUT2D eigenvalue weighted by atomic mass is 35.5. The van der Waals surface area contributed by atoms with E-state index in [1.54, 1.807) is 0 Å². The number of aromatic carboxylic acids is 1. The molecule has 0 spiro atoms. The normalized spacial score (nSPS) is 9.80. The van der Waals surface area contributed by atoms with Gasteiger partial charge in [0.1, 0.15) is 5.75 Å². The summed E-state index contributed by atoms with van der Waals surface area (Å²) in [5.41, 5.74) is 2.74. The largest absolute Gasteiger partial charge is 0.508 e. The topological polar surface area (TPSA) is 57.5 Å². The van der Waals surface area contributed by atoms with E-state index < -0.39 is 5.97 Å². The van der Waals surface area contributed by atoms with Crippen LogP contribution in [0.4, 0.5) is 0 Å². The van der Waals surface area contributed by atoms with Crippen molar-refractivity contribution in [1.29, 1.82) is 0 Å². The van der Waals surface area contributed by atoms with Crippen molar-refractivity contribution < 1.29 is 15.0 Å². The molecule has 3 aromatic rings. The summed E-state index contributed by atoms with van der Waals surface area (Å²) in [4.78, 5) is 11.1. The van der Waals surface area contributed by atoms with Crippen molar-refractivity contribution in [2.75, 3.05) is 0 Å². The Bertz CT molecular complexity index is 802. The van der Waals surface area contributed by atoms with Gasteiger partial charge >= 0.3 is 5.97 Å². The Morgan fingerprint density at radius 3 is 1.84 bits per heavy atom. The molecule has 25 heavy (non-hydrogen) atoms. The number of halogens is 1. The molecule has 3 nitrogen and oxygen atoms in total. The van der Waals surface area contributed by atoms with Crippen LogP contribution >= 0.6 is 11.6 Å². The van der Waals surface area contributed by atoms with E-state index in [0.717, 1.165) is 5.56 Å². The minimum absolute atomic E-state index is 0.0220. The number of carboxylic acids is 1. The second-order valence-electron chi connectivity index (χ2n) is 5.39. The lowest BCUT2D eigenvalue weighted by Gasteiger charge is -2.08. The van der Waals surface area contributed by atoms with Gasteiger partial charge in [0.2, 0.25) is 0 Å². The zero-order valence-corrected chi connectivity index (χ0v) is 14.4. The van der Waals surface area contributed by atoms with Crippen molar-refractivity contribution >= 4 is 17.6 Å². The van der Waals surface area contributed by atoms with Gasteiger partial charge in [-0.25, -0.2) is 4.79 Å². The van der Waals surface area contributed by atoms with Crippen LogP contribution < -0.4 is 0 Å². The van der Waals surface area contributed by atoms with E-state index in [1.165, 1.54) is 23.8 Å². The minimum atomic E-state index is -1.02. The van der Waals surface area contributed by atoms with Crippen LogP contribution in [0.1, 0.15) is 27.0 Å². The van der Waals surface area contributed by atoms with Crippen molar-refractivity contribution in [3.05, 3.63) is 101 Å². The molecule has 0 aromatic heterocycles. The number of phenols is 1. The maximum atomic E-state index is 11.1. The fraction of sp³-hybridized carbons (Fsp3) is 0.0952. The second kappa shape index (κ2) is 9.50. The fourth-order valence-corrected chi connectivity index (χ4v) is 2.51. The zero-order chi connectivity index (χ0) is 18.1. The molecule has 4 heteroatoms. The minimum Gasteiger partial charge on any atom is -0.508 e. The van der Waals surface area contributed by atoms with Crippen molar-refractivity contribution in [1.82, 2.24) is 0 Å². The van der Waals surface area contributed by atoms with Crippen LogP contribution in [0.2, 0.25) is 0 Å². The lowest BCUT2D eigenvalue weighted by atomic mass is 9.99. The summed E-state index contributed by atoms with van der Waals surface area (Å²) in [6, 6.07) is 24.0. The predicted molar refractivity (Wildman–Crippen MR) is 100 cm³/mol. The van der Waals surface area contributed by atoms with Crippen LogP contribution in [-0.4, -0.2) is 16.2 Å². The van der Waals surface area contributed by atoms with Gasteiger partial charge in [-0.3, -0.25) is 0 Å². The summed E-state index contributed by atoms with van der Waals surface area (Å²) in [6.07, 6.45) is 0.412. The summed E-state index contributed by atoms with van der Waals surface area (Å²) < 4.78 is 0. The van der Waals surface area contributed by atoms with Gasteiger partial charge in [0.05, 0.1) is 5.56 Å². The van der Waals surface area contributed by atoms with Crippen LogP contribution in [0.15, 0.2) is 78.9 Å².